The van der Waals surface area contributed by atoms with Gasteiger partial charge in [-0.05, 0) is 6.07 Å². The maximum absolute atomic E-state index is 12.8. The summed E-state index contributed by atoms with van der Waals surface area (Å²) in [6.45, 7) is 0. The van der Waals surface area contributed by atoms with E-state index >= 15 is 0 Å². The Morgan fingerprint density at radius 3 is 2.50 bits per heavy atom. The Morgan fingerprint density at radius 2 is 2.00 bits per heavy atom. The van der Waals surface area contributed by atoms with Gasteiger partial charge in [-0.15, -0.1) is 12.4 Å². The summed E-state index contributed by atoms with van der Waals surface area (Å²) in [6, 6.07) is 2.81. The zero-order valence-corrected chi connectivity index (χ0v) is 9.44. The zero-order valence-electron chi connectivity index (χ0n) is 8.62. The van der Waals surface area contributed by atoms with Crippen LogP contribution in [0.15, 0.2) is 18.2 Å². The molecule has 0 fully saturated rings. The monoisotopic (exact) mass is 255 g/mol. The Kier molecular flexibility index (Phi) is 6.21. The molecule has 0 aliphatic carbocycles. The van der Waals surface area contributed by atoms with Crippen LogP contribution in [0.25, 0.3) is 0 Å². The van der Waals surface area contributed by atoms with Gasteiger partial charge in [0, 0.05) is 24.1 Å². The van der Waals surface area contributed by atoms with Crippen molar-refractivity contribution in [3.05, 3.63) is 29.6 Å². The second kappa shape index (κ2) is 6.60. The van der Waals surface area contributed by atoms with Crippen LogP contribution in [0.3, 0.4) is 0 Å². The Bertz CT molecular complexity index is 336. The van der Waals surface area contributed by atoms with Crippen LogP contribution in [0.2, 0.25) is 0 Å². The molecule has 0 heterocycles. The first-order valence-corrected chi connectivity index (χ1v) is 4.41. The topological polar surface area (TPSA) is 35.2 Å². The lowest BCUT2D eigenvalue weighted by molar-refractivity contribution is 0.128. The summed E-state index contributed by atoms with van der Waals surface area (Å²) in [5, 5.41) is 0. The van der Waals surface area contributed by atoms with Gasteiger partial charge in [0.2, 0.25) is 6.43 Å². The number of methoxy groups -OCH3 is 1. The Balaban J connectivity index is 0.00000225. The van der Waals surface area contributed by atoms with Crippen molar-refractivity contribution in [1.82, 2.24) is 0 Å². The van der Waals surface area contributed by atoms with Crippen molar-refractivity contribution in [2.24, 2.45) is 5.73 Å². The van der Waals surface area contributed by atoms with Gasteiger partial charge in [0.25, 0.3) is 0 Å². The molecule has 0 unspecified atom stereocenters. The minimum Gasteiger partial charge on any atom is -0.496 e. The lowest BCUT2D eigenvalue weighted by Crippen LogP contribution is -2.15. The van der Waals surface area contributed by atoms with Gasteiger partial charge in [-0.25, -0.2) is 13.2 Å². The van der Waals surface area contributed by atoms with Crippen molar-refractivity contribution in [2.45, 2.75) is 18.9 Å². The molecule has 16 heavy (non-hydrogen) atoms. The Hall–Kier alpha value is -0.940. The highest BCUT2D eigenvalue weighted by molar-refractivity contribution is 5.85. The van der Waals surface area contributed by atoms with Crippen LogP contribution < -0.4 is 10.5 Å². The van der Waals surface area contributed by atoms with Crippen molar-refractivity contribution in [2.75, 3.05) is 7.11 Å². The van der Waals surface area contributed by atoms with Gasteiger partial charge in [0.15, 0.2) is 0 Å². The molecule has 0 saturated carbocycles. The minimum absolute atomic E-state index is 0. The summed E-state index contributed by atoms with van der Waals surface area (Å²) >= 11 is 0. The van der Waals surface area contributed by atoms with E-state index in [1.807, 2.05) is 0 Å². The molecular weight excluding hydrogens is 243 g/mol. The van der Waals surface area contributed by atoms with Crippen molar-refractivity contribution in [1.29, 1.82) is 0 Å². The third-order valence-electron chi connectivity index (χ3n) is 2.03. The molecule has 0 spiro atoms. The predicted molar refractivity (Wildman–Crippen MR) is 57.7 cm³/mol. The largest absolute Gasteiger partial charge is 0.496 e. The number of alkyl halides is 2. The van der Waals surface area contributed by atoms with Gasteiger partial charge in [0.1, 0.15) is 11.6 Å². The van der Waals surface area contributed by atoms with E-state index in [1.165, 1.54) is 19.2 Å². The molecule has 1 rings (SSSR count). The number of rotatable bonds is 4. The fourth-order valence-corrected chi connectivity index (χ4v) is 1.31. The van der Waals surface area contributed by atoms with Gasteiger partial charge in [-0.3, -0.25) is 0 Å². The van der Waals surface area contributed by atoms with E-state index in [4.69, 9.17) is 10.5 Å². The fraction of sp³-hybridized carbons (Fsp3) is 0.400. The minimum atomic E-state index is -2.49. The van der Waals surface area contributed by atoms with Crippen LogP contribution >= 0.6 is 12.4 Å². The van der Waals surface area contributed by atoms with Gasteiger partial charge >= 0.3 is 0 Å². The van der Waals surface area contributed by atoms with E-state index < -0.39 is 24.7 Å². The van der Waals surface area contributed by atoms with Gasteiger partial charge in [-0.2, -0.15) is 0 Å². The molecule has 2 N–H and O–H groups in total. The molecule has 0 amide bonds. The maximum atomic E-state index is 12.8. The molecule has 2 nitrogen and oxygen atoms in total. The average molecular weight is 256 g/mol. The summed E-state index contributed by atoms with van der Waals surface area (Å²) in [6.07, 6.45) is -2.96. The number of hydrogen-bond donors (Lipinski definition) is 1. The first-order valence-electron chi connectivity index (χ1n) is 4.41. The Morgan fingerprint density at radius 1 is 1.38 bits per heavy atom. The molecule has 0 aliphatic heterocycles. The molecule has 1 aromatic rings. The molecular formula is C10H13ClF3NO. The molecule has 6 heteroatoms. The molecule has 1 aromatic carbocycles. The molecule has 0 radical (unpaired) electrons. The van der Waals surface area contributed by atoms with Crippen molar-refractivity contribution in [3.8, 4) is 5.75 Å². The van der Waals surface area contributed by atoms with Gasteiger partial charge in [0.05, 0.1) is 7.11 Å². The summed E-state index contributed by atoms with van der Waals surface area (Å²) in [4.78, 5) is 0. The van der Waals surface area contributed by atoms with Crippen molar-refractivity contribution in [3.63, 3.8) is 0 Å². The lowest BCUT2D eigenvalue weighted by atomic mass is 10.0. The van der Waals surface area contributed by atoms with E-state index in [-0.39, 0.29) is 18.2 Å². The van der Waals surface area contributed by atoms with Crippen LogP contribution in [0.4, 0.5) is 13.2 Å². The highest BCUT2D eigenvalue weighted by atomic mass is 35.5. The van der Waals surface area contributed by atoms with Crippen LogP contribution in [0.1, 0.15) is 18.0 Å². The number of hydrogen-bond acceptors (Lipinski definition) is 2. The highest BCUT2D eigenvalue weighted by Gasteiger charge is 2.17. The standard InChI is InChI=1S/C10H12F3NO.ClH/c1-15-9-4-6(11)2-3-7(9)8(14)5-10(12)13;/h2-4,8,10H,5,14H2,1H3;1H/t8-;/m1./s1. The SMILES string of the molecule is COc1cc(F)ccc1[C@H](N)CC(F)F.Cl. The number of ether oxygens (including phenoxy) is 1. The van der Waals surface area contributed by atoms with Crippen molar-refractivity contribution >= 4 is 12.4 Å². The van der Waals surface area contributed by atoms with E-state index in [0.29, 0.717) is 5.56 Å². The highest BCUT2D eigenvalue weighted by Crippen LogP contribution is 2.27. The first-order chi connectivity index (χ1) is 7.04. The maximum Gasteiger partial charge on any atom is 0.240 e. The van der Waals surface area contributed by atoms with Crippen LogP contribution in [0.5, 0.6) is 5.75 Å². The van der Waals surface area contributed by atoms with Crippen LogP contribution in [-0.4, -0.2) is 13.5 Å². The normalized spacial score (nSPS) is 12.1. The van der Waals surface area contributed by atoms with Crippen LogP contribution in [0, 0.1) is 5.82 Å². The lowest BCUT2D eigenvalue weighted by Gasteiger charge is -2.15. The molecule has 0 aromatic heterocycles. The smallest absolute Gasteiger partial charge is 0.240 e. The molecule has 0 bridgehead atoms. The summed E-state index contributed by atoms with van der Waals surface area (Å²) < 4.78 is 41.8. The zero-order chi connectivity index (χ0) is 11.4. The number of nitrogens with two attached hydrogens (primary N) is 1. The van der Waals surface area contributed by atoms with E-state index in [9.17, 15) is 13.2 Å². The molecule has 1 atom stereocenters. The second-order valence-electron chi connectivity index (χ2n) is 3.12. The van der Waals surface area contributed by atoms with E-state index in [0.717, 1.165) is 6.07 Å². The third kappa shape index (κ3) is 3.90. The summed E-state index contributed by atoms with van der Waals surface area (Å²) in [5.74, 6) is -0.289. The first kappa shape index (κ1) is 15.1. The third-order valence-corrected chi connectivity index (χ3v) is 2.03. The van der Waals surface area contributed by atoms with Crippen molar-refractivity contribution < 1.29 is 17.9 Å². The van der Waals surface area contributed by atoms with E-state index in [1.54, 1.807) is 0 Å². The van der Waals surface area contributed by atoms with E-state index in [2.05, 4.69) is 0 Å². The molecule has 0 saturated heterocycles. The van der Waals surface area contributed by atoms with Crippen LogP contribution in [-0.2, 0) is 0 Å². The molecule has 92 valence electrons. The second-order valence-corrected chi connectivity index (χ2v) is 3.12. The Labute approximate surface area is 98.0 Å². The quantitative estimate of drug-likeness (QED) is 0.898. The van der Waals surface area contributed by atoms with Gasteiger partial charge in [-0.1, -0.05) is 6.07 Å². The number of benzene rings is 1. The molecule has 0 aliphatic rings. The summed E-state index contributed by atoms with van der Waals surface area (Å²) in [7, 11) is 1.34. The fourth-order valence-electron chi connectivity index (χ4n) is 1.31. The average Bonchev–Trinajstić information content (AvgIpc) is 2.16. The number of halogens is 4. The van der Waals surface area contributed by atoms with Gasteiger partial charge < -0.3 is 10.5 Å². The summed E-state index contributed by atoms with van der Waals surface area (Å²) in [5.41, 5.74) is 5.93. The predicted octanol–water partition coefficient (Wildman–Crippen LogP) is 2.91.